The Morgan fingerprint density at radius 2 is 2.00 bits per heavy atom. The van der Waals surface area contributed by atoms with Crippen LogP contribution in [-0.4, -0.2) is 43.9 Å². The van der Waals surface area contributed by atoms with Crippen LogP contribution in [0.25, 0.3) is 6.08 Å². The zero-order valence-corrected chi connectivity index (χ0v) is 17.1. The molecule has 1 saturated heterocycles. The van der Waals surface area contributed by atoms with Crippen LogP contribution in [0.5, 0.6) is 5.75 Å². The number of hydrogen-bond acceptors (Lipinski definition) is 4. The summed E-state index contributed by atoms with van der Waals surface area (Å²) in [6.07, 6.45) is 3.65. The molecule has 1 amide bonds. The summed E-state index contributed by atoms with van der Waals surface area (Å²) in [5.41, 5.74) is 1.72. The van der Waals surface area contributed by atoms with Crippen molar-refractivity contribution in [2.75, 3.05) is 18.6 Å². The Hall–Kier alpha value is -2.31. The van der Waals surface area contributed by atoms with E-state index in [-0.39, 0.29) is 23.5 Å². The van der Waals surface area contributed by atoms with Crippen LogP contribution in [0.4, 0.5) is 0 Å². The fourth-order valence-corrected chi connectivity index (χ4v) is 5.16. The number of halogens is 1. The number of hydrogen-bond donors (Lipinski definition) is 0. The molecule has 0 aromatic heterocycles. The zero-order valence-electron chi connectivity index (χ0n) is 15.5. The number of carbonyl (C=O) groups excluding carboxylic acids is 1. The third-order valence-electron chi connectivity index (χ3n) is 4.71. The van der Waals surface area contributed by atoms with Gasteiger partial charge in [0.05, 0.1) is 18.6 Å². The van der Waals surface area contributed by atoms with Crippen LogP contribution in [0.2, 0.25) is 5.02 Å². The highest BCUT2D eigenvalue weighted by Crippen LogP contribution is 2.22. The van der Waals surface area contributed by atoms with E-state index < -0.39 is 9.84 Å². The lowest BCUT2D eigenvalue weighted by molar-refractivity contribution is -0.128. The number of carbonyl (C=O) groups is 1. The van der Waals surface area contributed by atoms with Crippen molar-refractivity contribution in [1.29, 1.82) is 0 Å². The van der Waals surface area contributed by atoms with Crippen molar-refractivity contribution in [3.05, 3.63) is 70.8 Å². The number of rotatable bonds is 6. The smallest absolute Gasteiger partial charge is 0.247 e. The van der Waals surface area contributed by atoms with Gasteiger partial charge in [-0.1, -0.05) is 35.9 Å². The molecule has 1 heterocycles. The standard InChI is InChI=1S/C21H22ClNO4S/c1-27-20-8-5-16(6-9-20)7-10-21(24)23(19-11-12-28(25,26)15-19)14-17-3-2-4-18(22)13-17/h2-10,13,19H,11-12,14-15H2,1H3/b10-7+. The predicted octanol–water partition coefficient (Wildman–Crippen LogP) is 3.58. The Morgan fingerprint density at radius 1 is 1.25 bits per heavy atom. The van der Waals surface area contributed by atoms with Gasteiger partial charge < -0.3 is 9.64 Å². The third-order valence-corrected chi connectivity index (χ3v) is 6.69. The van der Waals surface area contributed by atoms with Crippen LogP contribution < -0.4 is 4.74 Å². The van der Waals surface area contributed by atoms with Gasteiger partial charge >= 0.3 is 0 Å². The molecular formula is C21H22ClNO4S. The first kappa shape index (κ1) is 20.4. The molecule has 1 aliphatic rings. The maximum Gasteiger partial charge on any atom is 0.247 e. The lowest BCUT2D eigenvalue weighted by Crippen LogP contribution is -2.39. The van der Waals surface area contributed by atoms with Gasteiger partial charge in [0.25, 0.3) is 0 Å². The third kappa shape index (κ3) is 5.36. The van der Waals surface area contributed by atoms with Crippen molar-refractivity contribution < 1.29 is 17.9 Å². The maximum atomic E-state index is 12.9. The topological polar surface area (TPSA) is 63.7 Å². The average Bonchev–Trinajstić information content (AvgIpc) is 3.04. The molecule has 2 aromatic carbocycles. The highest BCUT2D eigenvalue weighted by Gasteiger charge is 2.34. The second-order valence-corrected chi connectivity index (χ2v) is 9.42. The second-order valence-electron chi connectivity index (χ2n) is 6.76. The van der Waals surface area contributed by atoms with E-state index in [1.165, 1.54) is 6.08 Å². The van der Waals surface area contributed by atoms with Crippen molar-refractivity contribution in [3.63, 3.8) is 0 Å². The number of benzene rings is 2. The summed E-state index contributed by atoms with van der Waals surface area (Å²) in [5.74, 6) is 0.620. The van der Waals surface area contributed by atoms with E-state index in [9.17, 15) is 13.2 Å². The molecule has 0 bridgehead atoms. The SMILES string of the molecule is COc1ccc(/C=C/C(=O)N(Cc2cccc(Cl)c2)C2CCS(=O)(=O)C2)cc1. The van der Waals surface area contributed by atoms with Gasteiger partial charge in [-0.25, -0.2) is 8.42 Å². The summed E-state index contributed by atoms with van der Waals surface area (Å²) in [6, 6.07) is 14.3. The predicted molar refractivity (Wildman–Crippen MR) is 111 cm³/mol. The minimum absolute atomic E-state index is 0.00428. The minimum Gasteiger partial charge on any atom is -0.497 e. The summed E-state index contributed by atoms with van der Waals surface area (Å²) < 4.78 is 29.0. The molecule has 0 spiro atoms. The summed E-state index contributed by atoms with van der Waals surface area (Å²) in [5, 5.41) is 0.581. The Bertz CT molecular complexity index is 970. The number of ether oxygens (including phenoxy) is 1. The Labute approximate surface area is 170 Å². The normalized spacial score (nSPS) is 18.3. The Morgan fingerprint density at radius 3 is 2.61 bits per heavy atom. The first-order valence-electron chi connectivity index (χ1n) is 8.94. The van der Waals surface area contributed by atoms with E-state index in [1.807, 2.05) is 36.4 Å². The van der Waals surface area contributed by atoms with Gasteiger partial charge in [0.15, 0.2) is 9.84 Å². The van der Waals surface area contributed by atoms with Crippen molar-refractivity contribution in [2.24, 2.45) is 0 Å². The molecule has 3 rings (SSSR count). The minimum atomic E-state index is -3.11. The number of nitrogens with zero attached hydrogens (tertiary/aromatic N) is 1. The lowest BCUT2D eigenvalue weighted by Gasteiger charge is -2.27. The van der Waals surface area contributed by atoms with Crippen LogP contribution in [0.1, 0.15) is 17.5 Å². The fraction of sp³-hybridized carbons (Fsp3) is 0.286. The molecule has 7 heteroatoms. The molecule has 1 aliphatic heterocycles. The quantitative estimate of drug-likeness (QED) is 0.671. The van der Waals surface area contributed by atoms with Crippen molar-refractivity contribution in [3.8, 4) is 5.75 Å². The van der Waals surface area contributed by atoms with Crippen molar-refractivity contribution >= 4 is 33.4 Å². The van der Waals surface area contributed by atoms with Crippen LogP contribution in [0.15, 0.2) is 54.6 Å². The molecule has 1 unspecified atom stereocenters. The van der Waals surface area contributed by atoms with E-state index in [1.54, 1.807) is 30.2 Å². The second kappa shape index (κ2) is 8.80. The van der Waals surface area contributed by atoms with Crippen LogP contribution in [0.3, 0.4) is 0 Å². The highest BCUT2D eigenvalue weighted by atomic mass is 35.5. The fourth-order valence-electron chi connectivity index (χ4n) is 3.22. The molecular weight excluding hydrogens is 398 g/mol. The summed E-state index contributed by atoms with van der Waals surface area (Å²) in [4.78, 5) is 14.5. The largest absolute Gasteiger partial charge is 0.497 e. The van der Waals surface area contributed by atoms with Crippen LogP contribution >= 0.6 is 11.6 Å². The molecule has 0 saturated carbocycles. The van der Waals surface area contributed by atoms with E-state index in [0.717, 1.165) is 16.9 Å². The van der Waals surface area contributed by atoms with Crippen LogP contribution in [0, 0.1) is 0 Å². The number of amides is 1. The Balaban J connectivity index is 1.80. The van der Waals surface area contributed by atoms with Gasteiger partial charge in [0, 0.05) is 23.7 Å². The molecule has 1 atom stereocenters. The summed E-state index contributed by atoms with van der Waals surface area (Å²) in [7, 11) is -1.51. The number of methoxy groups -OCH3 is 1. The van der Waals surface area contributed by atoms with Crippen molar-refractivity contribution in [1.82, 2.24) is 4.90 Å². The van der Waals surface area contributed by atoms with Gasteiger partial charge in [-0.15, -0.1) is 0 Å². The number of sulfone groups is 1. The molecule has 0 aliphatic carbocycles. The van der Waals surface area contributed by atoms with Gasteiger partial charge in [0.1, 0.15) is 5.75 Å². The van der Waals surface area contributed by atoms with E-state index >= 15 is 0 Å². The molecule has 28 heavy (non-hydrogen) atoms. The molecule has 0 N–H and O–H groups in total. The highest BCUT2D eigenvalue weighted by molar-refractivity contribution is 7.91. The van der Waals surface area contributed by atoms with Gasteiger partial charge in [-0.05, 0) is 47.9 Å². The lowest BCUT2D eigenvalue weighted by atomic mass is 10.1. The molecule has 148 valence electrons. The molecule has 1 fully saturated rings. The first-order valence-corrected chi connectivity index (χ1v) is 11.1. The molecule has 0 radical (unpaired) electrons. The van der Waals surface area contributed by atoms with Gasteiger partial charge in [-0.2, -0.15) is 0 Å². The summed E-state index contributed by atoms with van der Waals surface area (Å²) in [6.45, 7) is 0.312. The monoisotopic (exact) mass is 419 g/mol. The maximum absolute atomic E-state index is 12.9. The van der Waals surface area contributed by atoms with Crippen LogP contribution in [-0.2, 0) is 21.2 Å². The average molecular weight is 420 g/mol. The Kier molecular flexibility index (Phi) is 6.42. The molecule has 2 aromatic rings. The van der Waals surface area contributed by atoms with E-state index in [0.29, 0.717) is 18.0 Å². The van der Waals surface area contributed by atoms with Crippen molar-refractivity contribution in [2.45, 2.75) is 19.0 Å². The van der Waals surface area contributed by atoms with E-state index in [2.05, 4.69) is 0 Å². The first-order chi connectivity index (χ1) is 13.4. The van der Waals surface area contributed by atoms with Gasteiger partial charge in [0.2, 0.25) is 5.91 Å². The van der Waals surface area contributed by atoms with E-state index in [4.69, 9.17) is 16.3 Å². The van der Waals surface area contributed by atoms with Gasteiger partial charge in [-0.3, -0.25) is 4.79 Å². The molecule has 5 nitrogen and oxygen atoms in total. The zero-order chi connectivity index (χ0) is 20.1. The summed E-state index contributed by atoms with van der Waals surface area (Å²) >= 11 is 6.06.